The molecule has 0 aliphatic carbocycles. The highest BCUT2D eigenvalue weighted by Gasteiger charge is 2.45. The van der Waals surface area contributed by atoms with E-state index in [-0.39, 0.29) is 206 Å². The molecule has 0 spiro atoms. The van der Waals surface area contributed by atoms with Gasteiger partial charge in [-0.05, 0) is 132 Å². The van der Waals surface area contributed by atoms with Gasteiger partial charge in [-0.2, -0.15) is 0 Å². The van der Waals surface area contributed by atoms with Crippen molar-refractivity contribution in [2.45, 2.75) is 235 Å². The number of likely N-dealkylation sites (tertiary alicyclic amines) is 1. The summed E-state index contributed by atoms with van der Waals surface area (Å²) in [5.41, 5.74) is 6.58. The summed E-state index contributed by atoms with van der Waals surface area (Å²) < 4.78 is 38.9. The number of aromatic hydroxyl groups is 1. The molecule has 0 saturated carbocycles. The molecule has 128 heavy (non-hydrogen) atoms. The number of nitrogens with zero attached hydrogens (tertiary/aromatic N) is 3. The van der Waals surface area contributed by atoms with Crippen LogP contribution in [0.4, 0.5) is 0 Å². The van der Waals surface area contributed by atoms with Gasteiger partial charge in [-0.1, -0.05) is 56.3 Å². The number of primary amides is 1. The fourth-order valence-electron chi connectivity index (χ4n) is 14.9. The maximum Gasteiger partial charge on any atom is 0.326 e. The third kappa shape index (κ3) is 39.7. The zero-order chi connectivity index (χ0) is 93.3. The van der Waals surface area contributed by atoms with E-state index in [1.54, 1.807) is 44.2 Å². The Kier molecular flexibility index (Phi) is 48.2. The summed E-state index contributed by atoms with van der Waals surface area (Å²) in [7, 11) is 0. The number of ether oxygens (including phenoxy) is 7. The van der Waals surface area contributed by atoms with Crippen molar-refractivity contribution in [1.82, 2.24) is 67.9 Å². The van der Waals surface area contributed by atoms with Crippen LogP contribution >= 0.6 is 0 Å². The highest BCUT2D eigenvalue weighted by atomic mass is 16.6. The molecule has 0 radical (unpaired) electrons. The summed E-state index contributed by atoms with van der Waals surface area (Å²) in [5.74, 6) is -15.6. The molecule has 4 aliphatic heterocycles. The average Bonchev–Trinajstić information content (AvgIpc) is 1.63. The number of phenolic OH excluding ortho intramolecular Hbond substituents is 1. The summed E-state index contributed by atoms with van der Waals surface area (Å²) in [4.78, 5) is 238. The van der Waals surface area contributed by atoms with Crippen LogP contribution in [-0.2, 0) is 128 Å². The number of nitrogens with one attached hydrogen (secondary N) is 10. The van der Waals surface area contributed by atoms with E-state index in [1.807, 2.05) is 0 Å². The lowest BCUT2D eigenvalue weighted by atomic mass is 10.0. The second kappa shape index (κ2) is 58.4. The summed E-state index contributed by atoms with van der Waals surface area (Å²) in [6, 6.07) is -1.88. The number of benzene rings is 2. The molecule has 2 aromatic rings. The molecule has 16 N–H and O–H groups in total. The minimum Gasteiger partial charge on any atom is -0.508 e. The van der Waals surface area contributed by atoms with E-state index in [9.17, 15) is 97.1 Å². The number of carboxylic acids is 3. The van der Waals surface area contributed by atoms with Crippen molar-refractivity contribution in [2.24, 2.45) is 11.7 Å². The van der Waals surface area contributed by atoms with Gasteiger partial charge in [-0.3, -0.25) is 76.7 Å². The quantitative estimate of drug-likeness (QED) is 0.0578. The number of carbonyl (C=O) groups excluding carboxylic acids is 14. The lowest BCUT2D eigenvalue weighted by molar-refractivity contribution is -0.145. The molecule has 11 atom stereocenters. The fourth-order valence-corrected chi connectivity index (χ4v) is 14.9. The molecule has 0 bridgehead atoms. The van der Waals surface area contributed by atoms with Crippen LogP contribution in [-0.4, -0.2) is 327 Å². The Morgan fingerprint density at radius 1 is 0.484 bits per heavy atom. The van der Waals surface area contributed by atoms with Gasteiger partial charge < -0.3 is 127 Å². The Morgan fingerprint density at radius 2 is 0.969 bits per heavy atom. The third-order valence-corrected chi connectivity index (χ3v) is 21.6. The Balaban J connectivity index is 1.23. The number of carbonyl (C=O) groups is 17. The highest BCUT2D eigenvalue weighted by Crippen LogP contribution is 2.26. The molecular weight excluding hydrogens is 1680 g/mol. The van der Waals surface area contributed by atoms with Crippen molar-refractivity contribution >= 4 is 101 Å². The molecule has 0 unspecified atom stereocenters. The normalized spacial score (nSPS) is 23.3. The fraction of sp³-hybridized carbons (Fsp3) is 0.663. The predicted octanol–water partition coefficient (Wildman–Crippen LogP) is -1.34. The van der Waals surface area contributed by atoms with Crippen molar-refractivity contribution in [3.63, 3.8) is 0 Å². The second-order valence-corrected chi connectivity index (χ2v) is 32.1. The molecular formula is C86H130N14O28. The molecule has 4 fully saturated rings. The van der Waals surface area contributed by atoms with E-state index in [0.29, 0.717) is 70.0 Å². The van der Waals surface area contributed by atoms with Gasteiger partial charge in [-0.15, -0.1) is 0 Å². The van der Waals surface area contributed by atoms with Crippen LogP contribution in [0.1, 0.15) is 167 Å². The first-order valence-electron chi connectivity index (χ1n) is 44.0. The molecule has 4 heterocycles. The summed E-state index contributed by atoms with van der Waals surface area (Å²) in [5, 5.41) is 66.4. The maximum absolute atomic E-state index is 15.3. The largest absolute Gasteiger partial charge is 0.508 e. The molecule has 42 nitrogen and oxygen atoms in total. The molecule has 14 amide bonds. The van der Waals surface area contributed by atoms with E-state index in [1.165, 1.54) is 45.9 Å². The van der Waals surface area contributed by atoms with Crippen molar-refractivity contribution in [3.8, 4) is 5.75 Å². The topological polar surface area (TPSA) is 592 Å². The summed E-state index contributed by atoms with van der Waals surface area (Å²) in [6.45, 7) is 8.25. The van der Waals surface area contributed by atoms with Gasteiger partial charge in [0.05, 0.1) is 92.5 Å². The number of aliphatic carboxylic acids is 3. The molecule has 2 aromatic carbocycles. The molecule has 4 saturated heterocycles. The number of hydrogen-bond donors (Lipinski definition) is 15. The molecule has 6 rings (SSSR count). The van der Waals surface area contributed by atoms with Crippen LogP contribution in [0.5, 0.6) is 5.75 Å². The van der Waals surface area contributed by atoms with E-state index in [0.717, 1.165) is 0 Å². The SMILES string of the molecule is CC(=O)N[C@H]1CCCCNC(=O)CCOCCOCCOCCOCCOCCOCCOCCC(=O)NCCCC[C@@H](C(=O)N[C@@H](CCC(=O)O)C(=O)N[C@@H](CC(C)C)C(=O)N2CCC[C@H]2C(=O)N[C@@H](Cc2ccc(O)cc2)C(=O)O)NC(=O)[C@H](CCC(=O)O)NC(=O)[C@@H]2CCCN2C(=O)[C@H](Cc2ccccc2)NC(=O)[C@@H]2CCCN2C(=O)[C@H](CCC(N)=O)NC1=O. The number of fused-ring (bicyclic) bond motifs is 2. The van der Waals surface area contributed by atoms with Crippen molar-refractivity contribution in [1.29, 1.82) is 0 Å². The molecule has 42 heteroatoms. The molecule has 712 valence electrons. The molecule has 4 aliphatic rings. The molecule has 0 aromatic heterocycles. The Labute approximate surface area is 743 Å². The van der Waals surface area contributed by atoms with Gasteiger partial charge in [0.25, 0.3) is 0 Å². The summed E-state index contributed by atoms with van der Waals surface area (Å²) >= 11 is 0. The third-order valence-electron chi connectivity index (χ3n) is 21.6. The lowest BCUT2D eigenvalue weighted by Crippen LogP contribution is -2.60. The number of phenols is 1. The van der Waals surface area contributed by atoms with Crippen LogP contribution in [0.15, 0.2) is 54.6 Å². The van der Waals surface area contributed by atoms with E-state index in [2.05, 4.69) is 53.2 Å². The first kappa shape index (κ1) is 106. The number of rotatable bonds is 24. The Bertz CT molecular complexity index is 3940. The average molecular weight is 1810 g/mol. The first-order chi connectivity index (χ1) is 61.4. The van der Waals surface area contributed by atoms with Gasteiger partial charge in [0.15, 0.2) is 0 Å². The summed E-state index contributed by atoms with van der Waals surface area (Å²) in [6.07, 6.45) is -2.18. The van der Waals surface area contributed by atoms with E-state index in [4.69, 9.17) is 38.9 Å². The van der Waals surface area contributed by atoms with E-state index >= 15 is 4.79 Å². The monoisotopic (exact) mass is 1810 g/mol. The van der Waals surface area contributed by atoms with E-state index < -0.39 is 187 Å². The van der Waals surface area contributed by atoms with Gasteiger partial charge in [-0.25, -0.2) is 4.79 Å². The number of hydrogen-bond acceptors (Lipinski definition) is 25. The van der Waals surface area contributed by atoms with Crippen LogP contribution in [0.25, 0.3) is 0 Å². The number of amides is 14. The highest BCUT2D eigenvalue weighted by molar-refractivity contribution is 6.00. The van der Waals surface area contributed by atoms with Crippen LogP contribution < -0.4 is 58.9 Å². The van der Waals surface area contributed by atoms with Gasteiger partial charge in [0.1, 0.15) is 72.2 Å². The zero-order valence-electron chi connectivity index (χ0n) is 73.3. The van der Waals surface area contributed by atoms with Gasteiger partial charge in [0.2, 0.25) is 82.7 Å². The Morgan fingerprint density at radius 3 is 1.48 bits per heavy atom. The smallest absolute Gasteiger partial charge is 0.326 e. The minimum atomic E-state index is -1.77. The minimum absolute atomic E-state index is 0.00905. The second-order valence-electron chi connectivity index (χ2n) is 32.1. The maximum atomic E-state index is 15.3. The van der Waals surface area contributed by atoms with Crippen LogP contribution in [0.3, 0.4) is 0 Å². The van der Waals surface area contributed by atoms with Crippen molar-refractivity contribution in [3.05, 3.63) is 65.7 Å². The van der Waals surface area contributed by atoms with Gasteiger partial charge >= 0.3 is 17.9 Å². The Hall–Kier alpha value is -11.1. The first-order valence-corrected chi connectivity index (χ1v) is 44.0. The van der Waals surface area contributed by atoms with Crippen molar-refractivity contribution < 1.29 is 135 Å². The van der Waals surface area contributed by atoms with Crippen LogP contribution in [0.2, 0.25) is 0 Å². The predicted molar refractivity (Wildman–Crippen MR) is 455 cm³/mol. The standard InChI is InChI=1S/C86H130N14O28/c1-55(2)52-65(84(118)99-36-13-20-70(99)82(116)97-67(86(120)121)54-58-21-23-59(102)24-22-58)95-79(113)62(26-29-74(106)107)92-77(111)61-17-8-10-34-89-73(105)32-39-123-41-43-125-45-47-127-49-51-128-50-48-126-46-44-124-42-40-122-38-31-72(104)88-33-9-7-16-60(90-56(3)101)76(110)94-64(25-28-71(87)103)83(117)98-35-11-19-69(98)81(115)96-66(53-57-14-5-4-6-15-57)85(119)100-37-12-18-68(100)80(114)93-63(78(112)91-61)27-30-75(108)109/h4-6,14-15,21-24,55,60-70,102H,7-13,16-20,25-54H2,1-3H3,(H2,87,103)(H,88,104)(H,89,105)(H,90,101)(H,91,112)(H,92,111)(H,93,114)(H,94,110)(H,95,113)(H,96,115)(H,97,116)(H,106,107)(H,108,109)(H,120,121)/t60-,61-,62-,63-,64-,65-,66-,67-,68-,69-,70-/m0/s1. The van der Waals surface area contributed by atoms with Crippen LogP contribution in [0, 0.1) is 5.92 Å². The lowest BCUT2D eigenvalue weighted by Gasteiger charge is -2.32. The van der Waals surface area contributed by atoms with Gasteiger partial charge in [0, 0.05) is 84.6 Å². The number of nitrogens with two attached hydrogens (primary N) is 1. The number of carboxylic acid groups (broad SMARTS) is 3. The zero-order valence-corrected chi connectivity index (χ0v) is 73.3. The van der Waals surface area contributed by atoms with Crippen molar-refractivity contribution in [2.75, 3.05) is 125 Å².